The number of thioether (sulfide) groups is 1. The Hall–Kier alpha value is -2.57. The number of methoxy groups -OCH3 is 1. The molecule has 0 spiro atoms. The highest BCUT2D eigenvalue weighted by atomic mass is 35.5. The maximum absolute atomic E-state index is 6.28. The molecule has 130 valence electrons. The van der Waals surface area contributed by atoms with Crippen molar-refractivity contribution in [1.29, 1.82) is 0 Å². The SMILES string of the molecule is COc1ccccc1-n1cnnc1SCc1ccc(Cl)c2cccnc12. The molecule has 0 radical (unpaired) electrons. The van der Waals surface area contributed by atoms with E-state index in [0.717, 1.165) is 33.1 Å². The van der Waals surface area contributed by atoms with Gasteiger partial charge in [-0.1, -0.05) is 41.6 Å². The van der Waals surface area contributed by atoms with Gasteiger partial charge in [-0.25, -0.2) is 0 Å². The van der Waals surface area contributed by atoms with Crippen LogP contribution in [-0.4, -0.2) is 26.9 Å². The highest BCUT2D eigenvalue weighted by Crippen LogP contribution is 2.31. The van der Waals surface area contributed by atoms with Crippen LogP contribution in [0, 0.1) is 0 Å². The smallest absolute Gasteiger partial charge is 0.196 e. The van der Waals surface area contributed by atoms with E-state index in [9.17, 15) is 0 Å². The highest BCUT2D eigenvalue weighted by molar-refractivity contribution is 7.98. The van der Waals surface area contributed by atoms with Crippen LogP contribution in [-0.2, 0) is 5.75 Å². The maximum atomic E-state index is 6.28. The maximum Gasteiger partial charge on any atom is 0.196 e. The summed E-state index contributed by atoms with van der Waals surface area (Å²) in [5.41, 5.74) is 2.92. The number of pyridine rings is 1. The Morgan fingerprint density at radius 3 is 2.88 bits per heavy atom. The van der Waals surface area contributed by atoms with Crippen molar-refractivity contribution in [3.05, 3.63) is 71.6 Å². The summed E-state index contributed by atoms with van der Waals surface area (Å²) in [5, 5.41) is 10.8. The molecule has 0 fully saturated rings. The number of hydrogen-bond acceptors (Lipinski definition) is 5. The minimum absolute atomic E-state index is 0.707. The third-order valence-corrected chi connectivity index (χ3v) is 5.34. The summed E-state index contributed by atoms with van der Waals surface area (Å²) in [4.78, 5) is 4.49. The molecule has 0 aliphatic heterocycles. The molecule has 0 unspecified atom stereocenters. The molecule has 4 rings (SSSR count). The van der Waals surface area contributed by atoms with Crippen molar-refractivity contribution in [1.82, 2.24) is 19.7 Å². The number of fused-ring (bicyclic) bond motifs is 1. The lowest BCUT2D eigenvalue weighted by atomic mass is 10.1. The van der Waals surface area contributed by atoms with E-state index in [1.54, 1.807) is 31.4 Å². The summed E-state index contributed by atoms with van der Waals surface area (Å²) in [7, 11) is 1.65. The normalized spacial score (nSPS) is 11.0. The van der Waals surface area contributed by atoms with E-state index in [1.807, 2.05) is 53.1 Å². The molecular formula is C19H15ClN4OS. The van der Waals surface area contributed by atoms with Crippen molar-refractivity contribution >= 4 is 34.3 Å². The van der Waals surface area contributed by atoms with Crippen LogP contribution in [0.1, 0.15) is 5.56 Å². The third-order valence-electron chi connectivity index (χ3n) is 4.02. The molecule has 5 nitrogen and oxygen atoms in total. The highest BCUT2D eigenvalue weighted by Gasteiger charge is 2.13. The number of benzene rings is 2. The fourth-order valence-corrected chi connectivity index (χ4v) is 3.89. The van der Waals surface area contributed by atoms with Gasteiger partial charge in [-0.2, -0.15) is 0 Å². The summed E-state index contributed by atoms with van der Waals surface area (Å²) in [6, 6.07) is 15.6. The third kappa shape index (κ3) is 3.13. The molecule has 7 heteroatoms. The van der Waals surface area contributed by atoms with E-state index in [0.29, 0.717) is 10.8 Å². The van der Waals surface area contributed by atoms with Crippen molar-refractivity contribution in [3.63, 3.8) is 0 Å². The summed E-state index contributed by atoms with van der Waals surface area (Å²) in [6.07, 6.45) is 3.47. The number of nitrogens with zero attached hydrogens (tertiary/aromatic N) is 4. The molecule has 0 aliphatic rings. The van der Waals surface area contributed by atoms with Gasteiger partial charge in [0.1, 0.15) is 12.1 Å². The molecule has 26 heavy (non-hydrogen) atoms. The first-order valence-corrected chi connectivity index (χ1v) is 9.32. The first-order chi connectivity index (χ1) is 12.8. The summed E-state index contributed by atoms with van der Waals surface area (Å²) >= 11 is 7.87. The molecule has 0 saturated carbocycles. The number of ether oxygens (including phenoxy) is 1. The molecule has 0 aliphatic carbocycles. The molecule has 4 aromatic rings. The van der Waals surface area contributed by atoms with Gasteiger partial charge in [0.15, 0.2) is 5.16 Å². The van der Waals surface area contributed by atoms with Crippen LogP contribution in [0.15, 0.2) is 66.2 Å². The van der Waals surface area contributed by atoms with Gasteiger partial charge in [0.2, 0.25) is 0 Å². The first-order valence-electron chi connectivity index (χ1n) is 7.96. The van der Waals surface area contributed by atoms with Gasteiger partial charge in [0.25, 0.3) is 0 Å². The molecule has 2 aromatic heterocycles. The molecule has 2 heterocycles. The van der Waals surface area contributed by atoms with Gasteiger partial charge < -0.3 is 4.74 Å². The molecule has 0 N–H and O–H groups in total. The zero-order valence-electron chi connectivity index (χ0n) is 14.0. The molecule has 0 atom stereocenters. The van der Waals surface area contributed by atoms with Crippen LogP contribution < -0.4 is 4.74 Å². The van der Waals surface area contributed by atoms with Gasteiger partial charge in [-0.15, -0.1) is 10.2 Å². The second kappa shape index (κ2) is 7.35. The van der Waals surface area contributed by atoms with Crippen LogP contribution in [0.25, 0.3) is 16.6 Å². The summed E-state index contributed by atoms with van der Waals surface area (Å²) in [5.74, 6) is 1.48. The fourth-order valence-electron chi connectivity index (χ4n) is 2.77. The quantitative estimate of drug-likeness (QED) is 0.465. The largest absolute Gasteiger partial charge is 0.495 e. The minimum atomic E-state index is 0.707. The Morgan fingerprint density at radius 2 is 2.00 bits per heavy atom. The topological polar surface area (TPSA) is 52.8 Å². The second-order valence-electron chi connectivity index (χ2n) is 5.55. The van der Waals surface area contributed by atoms with Crippen LogP contribution in [0.3, 0.4) is 0 Å². The van der Waals surface area contributed by atoms with Gasteiger partial charge in [-0.05, 0) is 35.9 Å². The average Bonchev–Trinajstić information content (AvgIpc) is 3.16. The van der Waals surface area contributed by atoms with Crippen LogP contribution >= 0.6 is 23.4 Å². The zero-order valence-corrected chi connectivity index (χ0v) is 15.5. The van der Waals surface area contributed by atoms with E-state index in [1.165, 1.54) is 0 Å². The van der Waals surface area contributed by atoms with Gasteiger partial charge in [0.05, 0.1) is 18.3 Å². The van der Waals surface area contributed by atoms with Crippen molar-refractivity contribution in [3.8, 4) is 11.4 Å². The molecule has 0 bridgehead atoms. The Labute approximate surface area is 160 Å². The van der Waals surface area contributed by atoms with E-state index >= 15 is 0 Å². The molecular weight excluding hydrogens is 368 g/mol. The van der Waals surface area contributed by atoms with Crippen molar-refractivity contribution < 1.29 is 4.74 Å². The Morgan fingerprint density at radius 1 is 1.12 bits per heavy atom. The fraction of sp³-hybridized carbons (Fsp3) is 0.105. The summed E-state index contributed by atoms with van der Waals surface area (Å²) in [6.45, 7) is 0. The number of hydrogen-bond donors (Lipinski definition) is 0. The predicted octanol–water partition coefficient (Wildman–Crippen LogP) is 4.77. The van der Waals surface area contributed by atoms with Crippen molar-refractivity contribution in [2.75, 3.05) is 7.11 Å². The lowest BCUT2D eigenvalue weighted by molar-refractivity contribution is 0.412. The lowest BCUT2D eigenvalue weighted by Gasteiger charge is -2.11. The van der Waals surface area contributed by atoms with E-state index in [4.69, 9.17) is 16.3 Å². The van der Waals surface area contributed by atoms with Crippen molar-refractivity contribution in [2.24, 2.45) is 0 Å². The number of para-hydroxylation sites is 2. The molecule has 0 saturated heterocycles. The molecule has 2 aromatic carbocycles. The van der Waals surface area contributed by atoms with E-state index in [-0.39, 0.29) is 0 Å². The number of rotatable bonds is 5. The van der Waals surface area contributed by atoms with Crippen LogP contribution in [0.4, 0.5) is 0 Å². The van der Waals surface area contributed by atoms with Gasteiger partial charge in [-0.3, -0.25) is 9.55 Å². The number of halogens is 1. The predicted molar refractivity (Wildman–Crippen MR) is 104 cm³/mol. The van der Waals surface area contributed by atoms with E-state index < -0.39 is 0 Å². The molecule has 0 amide bonds. The second-order valence-corrected chi connectivity index (χ2v) is 6.90. The summed E-state index contributed by atoms with van der Waals surface area (Å²) < 4.78 is 7.37. The lowest BCUT2D eigenvalue weighted by Crippen LogP contribution is -1.99. The minimum Gasteiger partial charge on any atom is -0.495 e. The average molecular weight is 383 g/mol. The zero-order chi connectivity index (χ0) is 17.9. The van der Waals surface area contributed by atoms with Crippen molar-refractivity contribution in [2.45, 2.75) is 10.9 Å². The first kappa shape index (κ1) is 16.9. The monoisotopic (exact) mass is 382 g/mol. The van der Waals surface area contributed by atoms with E-state index in [2.05, 4.69) is 15.2 Å². The van der Waals surface area contributed by atoms with Gasteiger partial charge in [0, 0.05) is 22.4 Å². The van der Waals surface area contributed by atoms with Crippen LogP contribution in [0.2, 0.25) is 5.02 Å². The Kier molecular flexibility index (Phi) is 4.77. The standard InChI is InChI=1S/C19H15ClN4OS/c1-25-17-7-3-2-6-16(17)24-12-22-23-19(24)26-11-13-8-9-15(20)14-5-4-10-21-18(13)14/h2-10,12H,11H2,1H3. The number of aromatic nitrogens is 4. The Bertz CT molecular complexity index is 1070. The Balaban J connectivity index is 1.65. The van der Waals surface area contributed by atoms with Gasteiger partial charge >= 0.3 is 0 Å². The van der Waals surface area contributed by atoms with Crippen LogP contribution in [0.5, 0.6) is 5.75 Å².